The first-order chi connectivity index (χ1) is 8.58. The SMILES string of the molecule is Cc1ccc(Cl)cc1Sc1ncccc1C(=O)O.Cl. The van der Waals surface area contributed by atoms with Crippen molar-refractivity contribution in [1.82, 2.24) is 4.98 Å². The van der Waals surface area contributed by atoms with Crippen LogP contribution in [0.1, 0.15) is 15.9 Å². The van der Waals surface area contributed by atoms with E-state index in [9.17, 15) is 4.79 Å². The molecule has 19 heavy (non-hydrogen) atoms. The zero-order chi connectivity index (χ0) is 13.1. The molecule has 0 bridgehead atoms. The van der Waals surface area contributed by atoms with E-state index in [1.807, 2.05) is 19.1 Å². The zero-order valence-corrected chi connectivity index (χ0v) is 12.4. The molecule has 0 radical (unpaired) electrons. The van der Waals surface area contributed by atoms with Crippen LogP contribution in [0.3, 0.4) is 0 Å². The number of carboxylic acid groups (broad SMARTS) is 1. The molecular weight excluding hydrogens is 305 g/mol. The fourth-order valence-electron chi connectivity index (χ4n) is 1.42. The minimum atomic E-state index is -0.981. The lowest BCUT2D eigenvalue weighted by atomic mass is 10.2. The van der Waals surface area contributed by atoms with E-state index < -0.39 is 5.97 Å². The van der Waals surface area contributed by atoms with Crippen molar-refractivity contribution in [2.45, 2.75) is 16.8 Å². The standard InChI is InChI=1S/C13H10ClNO2S.ClH/c1-8-4-5-9(14)7-11(8)18-12-10(13(16)17)3-2-6-15-12;/h2-7H,1H3,(H,16,17);1H. The van der Waals surface area contributed by atoms with Crippen LogP contribution in [0.5, 0.6) is 0 Å². The van der Waals surface area contributed by atoms with Gasteiger partial charge in [-0.1, -0.05) is 29.4 Å². The van der Waals surface area contributed by atoms with Crippen molar-refractivity contribution in [3.05, 3.63) is 52.7 Å². The maximum Gasteiger partial charge on any atom is 0.338 e. The third kappa shape index (κ3) is 3.86. The van der Waals surface area contributed by atoms with Gasteiger partial charge < -0.3 is 5.11 Å². The molecule has 1 N–H and O–H groups in total. The molecule has 2 aromatic rings. The fourth-order valence-corrected chi connectivity index (χ4v) is 2.66. The van der Waals surface area contributed by atoms with Gasteiger partial charge in [0, 0.05) is 16.1 Å². The fraction of sp³-hybridized carbons (Fsp3) is 0.0769. The summed E-state index contributed by atoms with van der Waals surface area (Å²) in [6, 6.07) is 8.66. The molecule has 2 rings (SSSR count). The first-order valence-electron chi connectivity index (χ1n) is 5.20. The number of hydrogen-bond acceptors (Lipinski definition) is 3. The molecule has 0 saturated carbocycles. The third-order valence-corrected chi connectivity index (χ3v) is 3.77. The predicted molar refractivity (Wildman–Crippen MR) is 78.8 cm³/mol. The number of hydrogen-bond donors (Lipinski definition) is 1. The van der Waals surface area contributed by atoms with Crippen molar-refractivity contribution in [2.75, 3.05) is 0 Å². The number of nitrogens with zero attached hydrogens (tertiary/aromatic N) is 1. The smallest absolute Gasteiger partial charge is 0.338 e. The van der Waals surface area contributed by atoms with Crippen LogP contribution in [0.4, 0.5) is 0 Å². The van der Waals surface area contributed by atoms with E-state index in [0.29, 0.717) is 10.0 Å². The van der Waals surface area contributed by atoms with E-state index >= 15 is 0 Å². The van der Waals surface area contributed by atoms with Crippen LogP contribution in [0.15, 0.2) is 46.5 Å². The molecule has 0 aliphatic carbocycles. The normalized spacial score (nSPS) is 9.79. The summed E-state index contributed by atoms with van der Waals surface area (Å²) in [6.45, 7) is 1.95. The van der Waals surface area contributed by atoms with E-state index in [0.717, 1.165) is 10.5 Å². The Kier molecular flexibility index (Phi) is 5.66. The maximum absolute atomic E-state index is 11.1. The Morgan fingerprint density at radius 1 is 1.37 bits per heavy atom. The van der Waals surface area contributed by atoms with Gasteiger partial charge in [-0.3, -0.25) is 0 Å². The van der Waals surface area contributed by atoms with E-state index in [4.69, 9.17) is 16.7 Å². The maximum atomic E-state index is 11.1. The van der Waals surface area contributed by atoms with Crippen LogP contribution in [-0.4, -0.2) is 16.1 Å². The van der Waals surface area contributed by atoms with Crippen LogP contribution < -0.4 is 0 Å². The molecular formula is C13H11Cl2NO2S. The van der Waals surface area contributed by atoms with Gasteiger partial charge in [0.2, 0.25) is 0 Å². The predicted octanol–water partition coefficient (Wildman–Crippen LogP) is 4.31. The first-order valence-corrected chi connectivity index (χ1v) is 6.39. The quantitative estimate of drug-likeness (QED) is 0.916. The molecule has 0 atom stereocenters. The number of carboxylic acids is 1. The second-order valence-corrected chi connectivity index (χ2v) is 5.14. The number of rotatable bonds is 3. The molecule has 1 aromatic heterocycles. The van der Waals surface area contributed by atoms with Crippen LogP contribution in [0.2, 0.25) is 5.02 Å². The molecule has 0 saturated heterocycles. The van der Waals surface area contributed by atoms with Crippen molar-refractivity contribution in [1.29, 1.82) is 0 Å². The van der Waals surface area contributed by atoms with Crippen LogP contribution in [0.25, 0.3) is 0 Å². The molecule has 3 nitrogen and oxygen atoms in total. The summed E-state index contributed by atoms with van der Waals surface area (Å²) in [5.74, 6) is -0.981. The summed E-state index contributed by atoms with van der Waals surface area (Å²) in [5, 5.41) is 10.2. The number of benzene rings is 1. The van der Waals surface area contributed by atoms with Crippen LogP contribution in [-0.2, 0) is 0 Å². The van der Waals surface area contributed by atoms with Gasteiger partial charge in [-0.2, -0.15) is 0 Å². The molecule has 100 valence electrons. The number of pyridine rings is 1. The minimum Gasteiger partial charge on any atom is -0.478 e. The lowest BCUT2D eigenvalue weighted by Crippen LogP contribution is -2.00. The highest BCUT2D eigenvalue weighted by Crippen LogP contribution is 2.32. The molecule has 0 aliphatic heterocycles. The zero-order valence-electron chi connectivity index (χ0n) is 9.96. The molecule has 0 amide bonds. The van der Waals surface area contributed by atoms with Crippen molar-refractivity contribution in [3.8, 4) is 0 Å². The van der Waals surface area contributed by atoms with Gasteiger partial charge in [0.1, 0.15) is 5.03 Å². The summed E-state index contributed by atoms with van der Waals surface area (Å²) < 4.78 is 0. The molecule has 0 unspecified atom stereocenters. The van der Waals surface area contributed by atoms with Crippen LogP contribution in [0, 0.1) is 6.92 Å². The largest absolute Gasteiger partial charge is 0.478 e. The van der Waals surface area contributed by atoms with Gasteiger partial charge >= 0.3 is 5.97 Å². The van der Waals surface area contributed by atoms with Crippen molar-refractivity contribution >= 4 is 41.7 Å². The summed E-state index contributed by atoms with van der Waals surface area (Å²) in [7, 11) is 0. The van der Waals surface area contributed by atoms with E-state index in [1.165, 1.54) is 17.8 Å². The Hall–Kier alpha value is -1.23. The number of halogens is 2. The van der Waals surface area contributed by atoms with Gasteiger partial charge in [0.25, 0.3) is 0 Å². The molecule has 0 spiro atoms. The second-order valence-electron chi connectivity index (χ2n) is 3.67. The monoisotopic (exact) mass is 315 g/mol. The van der Waals surface area contributed by atoms with Crippen LogP contribution >= 0.6 is 35.8 Å². The number of carbonyl (C=O) groups is 1. The molecule has 0 fully saturated rings. The van der Waals surface area contributed by atoms with Gasteiger partial charge in [0.15, 0.2) is 0 Å². The van der Waals surface area contributed by atoms with Gasteiger partial charge in [0.05, 0.1) is 5.56 Å². The minimum absolute atomic E-state index is 0. The third-order valence-electron chi connectivity index (χ3n) is 2.36. The highest BCUT2D eigenvalue weighted by Gasteiger charge is 2.13. The Labute approximate surface area is 126 Å². The van der Waals surface area contributed by atoms with E-state index in [2.05, 4.69) is 4.98 Å². The Bertz CT molecular complexity index is 605. The Morgan fingerprint density at radius 3 is 2.79 bits per heavy atom. The van der Waals surface area contributed by atoms with Crippen molar-refractivity contribution < 1.29 is 9.90 Å². The van der Waals surface area contributed by atoms with Crippen molar-refractivity contribution in [2.24, 2.45) is 0 Å². The Morgan fingerprint density at radius 2 is 2.11 bits per heavy atom. The topological polar surface area (TPSA) is 50.2 Å². The lowest BCUT2D eigenvalue weighted by molar-refractivity contribution is 0.0692. The average Bonchev–Trinajstić information content (AvgIpc) is 2.34. The number of aromatic carboxylic acids is 1. The highest BCUT2D eigenvalue weighted by molar-refractivity contribution is 7.99. The summed E-state index contributed by atoms with van der Waals surface area (Å²) in [6.07, 6.45) is 1.58. The number of aromatic nitrogens is 1. The highest BCUT2D eigenvalue weighted by atomic mass is 35.5. The molecule has 1 heterocycles. The molecule has 0 aliphatic rings. The Balaban J connectivity index is 0.00000180. The average molecular weight is 316 g/mol. The summed E-state index contributed by atoms with van der Waals surface area (Å²) >= 11 is 7.24. The number of aryl methyl sites for hydroxylation is 1. The van der Waals surface area contributed by atoms with E-state index in [1.54, 1.807) is 18.3 Å². The second kappa shape index (κ2) is 6.80. The van der Waals surface area contributed by atoms with Gasteiger partial charge in [-0.15, -0.1) is 12.4 Å². The van der Waals surface area contributed by atoms with Gasteiger partial charge in [-0.05, 0) is 36.8 Å². The summed E-state index contributed by atoms with van der Waals surface area (Å²) in [5.41, 5.74) is 1.23. The first kappa shape index (κ1) is 15.8. The van der Waals surface area contributed by atoms with Crippen molar-refractivity contribution in [3.63, 3.8) is 0 Å². The van der Waals surface area contributed by atoms with Gasteiger partial charge in [-0.25, -0.2) is 9.78 Å². The molecule has 1 aromatic carbocycles. The molecule has 6 heteroatoms. The van der Waals surface area contributed by atoms with E-state index in [-0.39, 0.29) is 18.0 Å². The lowest BCUT2D eigenvalue weighted by Gasteiger charge is -2.07. The summed E-state index contributed by atoms with van der Waals surface area (Å²) in [4.78, 5) is 16.1.